The summed E-state index contributed by atoms with van der Waals surface area (Å²) in [5, 5.41) is 14.8. The van der Waals surface area contributed by atoms with Crippen molar-refractivity contribution < 1.29 is 14.0 Å². The van der Waals surface area contributed by atoms with Gasteiger partial charge in [0.2, 0.25) is 11.8 Å². The van der Waals surface area contributed by atoms with Gasteiger partial charge in [0.25, 0.3) is 0 Å². The van der Waals surface area contributed by atoms with Crippen molar-refractivity contribution in [2.24, 2.45) is 5.92 Å². The molecule has 0 bridgehead atoms. The van der Waals surface area contributed by atoms with Crippen molar-refractivity contribution in [3.05, 3.63) is 41.7 Å². The molecule has 1 fully saturated rings. The van der Waals surface area contributed by atoms with Crippen LogP contribution in [-0.2, 0) is 9.59 Å². The first-order valence-electron chi connectivity index (χ1n) is 10.4. The zero-order valence-corrected chi connectivity index (χ0v) is 18.8. The van der Waals surface area contributed by atoms with Crippen molar-refractivity contribution in [1.82, 2.24) is 15.5 Å². The van der Waals surface area contributed by atoms with Gasteiger partial charge in [-0.15, -0.1) is 10.2 Å². The number of amides is 2. The molecule has 7 nitrogen and oxygen atoms in total. The number of hydrogen-bond acceptors (Lipinski definition) is 6. The van der Waals surface area contributed by atoms with E-state index in [0.717, 1.165) is 31.7 Å². The summed E-state index contributed by atoms with van der Waals surface area (Å²) >= 11 is 1.27. The normalized spacial score (nSPS) is 14.5. The minimum atomic E-state index is -0.350. The zero-order chi connectivity index (χ0) is 22.4. The van der Waals surface area contributed by atoms with E-state index in [-0.39, 0.29) is 35.3 Å². The molecule has 1 saturated heterocycles. The minimum absolute atomic E-state index is 0.0435. The largest absolute Gasteiger partial charge is 0.355 e. The maximum absolute atomic E-state index is 13.6. The quantitative estimate of drug-likeness (QED) is 0.636. The number of aromatic nitrogens is 2. The number of carbonyl (C=O) groups excluding carboxylic acids is 2. The highest BCUT2D eigenvalue weighted by Gasteiger charge is 2.26. The van der Waals surface area contributed by atoms with E-state index in [2.05, 4.69) is 25.7 Å². The molecule has 9 heteroatoms. The molecule has 2 N–H and O–H groups in total. The molecule has 0 radical (unpaired) electrons. The van der Waals surface area contributed by atoms with Crippen molar-refractivity contribution >= 4 is 35.1 Å². The molecule has 166 valence electrons. The summed E-state index contributed by atoms with van der Waals surface area (Å²) in [5.41, 5.74) is 0.964. The Morgan fingerprint density at radius 2 is 1.94 bits per heavy atom. The van der Waals surface area contributed by atoms with Gasteiger partial charge in [-0.2, -0.15) is 0 Å². The van der Waals surface area contributed by atoms with Gasteiger partial charge in [-0.1, -0.05) is 17.8 Å². The number of piperidine rings is 1. The van der Waals surface area contributed by atoms with E-state index in [4.69, 9.17) is 0 Å². The van der Waals surface area contributed by atoms with E-state index < -0.39 is 0 Å². The summed E-state index contributed by atoms with van der Waals surface area (Å²) < 4.78 is 13.6. The highest BCUT2D eigenvalue weighted by atomic mass is 32.2. The fourth-order valence-corrected chi connectivity index (χ4v) is 3.95. The Morgan fingerprint density at radius 1 is 1.19 bits per heavy atom. The summed E-state index contributed by atoms with van der Waals surface area (Å²) in [7, 11) is 0. The van der Waals surface area contributed by atoms with E-state index in [1.807, 2.05) is 26.0 Å². The molecule has 1 aromatic heterocycles. The summed E-state index contributed by atoms with van der Waals surface area (Å²) in [4.78, 5) is 26.4. The molecule has 0 saturated carbocycles. The molecular weight excluding hydrogens is 417 g/mol. The Kier molecular flexibility index (Phi) is 7.84. The second-order valence-corrected chi connectivity index (χ2v) is 8.95. The number of benzene rings is 1. The van der Waals surface area contributed by atoms with E-state index in [0.29, 0.717) is 16.3 Å². The molecule has 3 rings (SSSR count). The molecule has 1 aliphatic rings. The number of nitrogens with zero attached hydrogens (tertiary/aromatic N) is 3. The Hall–Kier alpha value is -2.68. The van der Waals surface area contributed by atoms with Gasteiger partial charge in [-0.3, -0.25) is 9.59 Å². The lowest BCUT2D eigenvalue weighted by atomic mass is 9.95. The summed E-state index contributed by atoms with van der Waals surface area (Å²) in [6.45, 7) is 7.12. The number of nitrogens with one attached hydrogen (secondary N) is 2. The lowest BCUT2D eigenvalue weighted by molar-refractivity contribution is -0.126. The van der Waals surface area contributed by atoms with Gasteiger partial charge in [0, 0.05) is 30.7 Å². The lowest BCUT2D eigenvalue weighted by Gasteiger charge is -2.32. The standard InChI is InChI=1S/C22H28FN5O2S/c1-14(2)24-22(30)16-8-10-28(11-9-16)19-6-7-21(27-26-19)31-13-20(29)25-17-5-4-15(3)18(23)12-17/h4-7,12,14,16H,8-11,13H2,1-3H3,(H,24,30)(H,25,29). The second kappa shape index (κ2) is 10.6. The maximum atomic E-state index is 13.6. The van der Waals surface area contributed by atoms with Crippen LogP contribution in [0.15, 0.2) is 35.4 Å². The van der Waals surface area contributed by atoms with Crippen LogP contribution in [0.2, 0.25) is 0 Å². The van der Waals surface area contributed by atoms with Gasteiger partial charge in [-0.25, -0.2) is 4.39 Å². The van der Waals surface area contributed by atoms with Crippen molar-refractivity contribution in [1.29, 1.82) is 0 Å². The lowest BCUT2D eigenvalue weighted by Crippen LogP contribution is -2.42. The fourth-order valence-electron chi connectivity index (χ4n) is 3.34. The maximum Gasteiger partial charge on any atom is 0.234 e. The van der Waals surface area contributed by atoms with Crippen molar-refractivity contribution in [2.45, 2.75) is 44.7 Å². The number of rotatable bonds is 7. The van der Waals surface area contributed by atoms with Crippen molar-refractivity contribution in [3.63, 3.8) is 0 Å². The van der Waals surface area contributed by atoms with Gasteiger partial charge >= 0.3 is 0 Å². The molecule has 0 atom stereocenters. The average Bonchev–Trinajstić information content (AvgIpc) is 2.75. The molecular formula is C22H28FN5O2S. The second-order valence-electron chi connectivity index (χ2n) is 7.96. The Morgan fingerprint density at radius 3 is 2.55 bits per heavy atom. The fraction of sp³-hybridized carbons (Fsp3) is 0.455. The van der Waals surface area contributed by atoms with Gasteiger partial charge in [0.1, 0.15) is 10.8 Å². The van der Waals surface area contributed by atoms with E-state index >= 15 is 0 Å². The highest BCUT2D eigenvalue weighted by Crippen LogP contribution is 2.23. The highest BCUT2D eigenvalue weighted by molar-refractivity contribution is 7.99. The molecule has 2 heterocycles. The van der Waals surface area contributed by atoms with E-state index in [9.17, 15) is 14.0 Å². The van der Waals surface area contributed by atoms with Crippen molar-refractivity contribution in [3.8, 4) is 0 Å². The van der Waals surface area contributed by atoms with Crippen LogP contribution in [0.3, 0.4) is 0 Å². The molecule has 0 unspecified atom stereocenters. The zero-order valence-electron chi connectivity index (χ0n) is 18.0. The third kappa shape index (κ3) is 6.65. The number of carbonyl (C=O) groups is 2. The first-order valence-corrected chi connectivity index (χ1v) is 11.4. The van der Waals surface area contributed by atoms with Crippen LogP contribution < -0.4 is 15.5 Å². The first kappa shape index (κ1) is 23.0. The van der Waals surface area contributed by atoms with Gasteiger partial charge in [0.05, 0.1) is 5.75 Å². The van der Waals surface area contributed by atoms with Crippen LogP contribution in [0.25, 0.3) is 0 Å². The number of hydrogen-bond donors (Lipinski definition) is 2. The van der Waals surface area contributed by atoms with Gasteiger partial charge < -0.3 is 15.5 Å². The minimum Gasteiger partial charge on any atom is -0.355 e. The molecule has 0 spiro atoms. The topological polar surface area (TPSA) is 87.2 Å². The summed E-state index contributed by atoms with van der Waals surface area (Å²) in [6, 6.07) is 8.48. The third-order valence-corrected chi connectivity index (χ3v) is 5.97. The van der Waals surface area contributed by atoms with Crippen LogP contribution in [0.1, 0.15) is 32.3 Å². The molecule has 31 heavy (non-hydrogen) atoms. The summed E-state index contributed by atoms with van der Waals surface area (Å²) in [5.74, 6) is 0.505. The number of aryl methyl sites for hydroxylation is 1. The van der Waals surface area contributed by atoms with E-state index in [1.54, 1.807) is 19.1 Å². The van der Waals surface area contributed by atoms with Crippen LogP contribution in [0.5, 0.6) is 0 Å². The molecule has 2 amide bonds. The predicted molar refractivity (Wildman–Crippen MR) is 121 cm³/mol. The smallest absolute Gasteiger partial charge is 0.234 e. The Balaban J connectivity index is 1.45. The van der Waals surface area contributed by atoms with Crippen molar-refractivity contribution in [2.75, 3.05) is 29.1 Å². The first-order chi connectivity index (χ1) is 14.8. The molecule has 2 aromatic rings. The van der Waals surface area contributed by atoms with Crippen LogP contribution in [-0.4, -0.2) is 46.9 Å². The number of thioether (sulfide) groups is 1. The van der Waals surface area contributed by atoms with Crippen LogP contribution >= 0.6 is 11.8 Å². The number of anilines is 2. The predicted octanol–water partition coefficient (Wildman–Crippen LogP) is 3.40. The third-order valence-electron chi connectivity index (χ3n) is 5.05. The Bertz CT molecular complexity index is 915. The van der Waals surface area contributed by atoms with Gasteiger partial charge in [-0.05, 0) is 63.4 Å². The summed E-state index contributed by atoms with van der Waals surface area (Å²) in [6.07, 6.45) is 1.58. The van der Waals surface area contributed by atoms with Gasteiger partial charge in [0.15, 0.2) is 5.82 Å². The molecule has 1 aliphatic heterocycles. The van der Waals surface area contributed by atoms with Crippen LogP contribution in [0, 0.1) is 18.7 Å². The molecule has 1 aromatic carbocycles. The monoisotopic (exact) mass is 445 g/mol. The average molecular weight is 446 g/mol. The van der Waals surface area contributed by atoms with Crippen LogP contribution in [0.4, 0.5) is 15.9 Å². The number of halogens is 1. The SMILES string of the molecule is Cc1ccc(NC(=O)CSc2ccc(N3CCC(C(=O)NC(C)C)CC3)nn2)cc1F. The van der Waals surface area contributed by atoms with E-state index in [1.165, 1.54) is 17.8 Å². The molecule has 0 aliphatic carbocycles. The Labute approximate surface area is 186 Å².